The molecule has 0 bridgehead atoms. The molecule has 1 heterocycles. The third-order valence-electron chi connectivity index (χ3n) is 3.78. The van der Waals surface area contributed by atoms with Gasteiger partial charge in [0.2, 0.25) is 0 Å². The average Bonchev–Trinajstić information content (AvgIpc) is 2.96. The minimum Gasteiger partial charge on any atom is -0.490 e. The highest BCUT2D eigenvalue weighted by atomic mass is 16.5. The number of hydrazine groups is 1. The van der Waals surface area contributed by atoms with Crippen molar-refractivity contribution >= 4 is 23.6 Å². The number of ether oxygens (including phenoxy) is 2. The fourth-order valence-corrected chi connectivity index (χ4v) is 2.59. The van der Waals surface area contributed by atoms with Crippen LogP contribution in [-0.4, -0.2) is 25.0 Å². The molecule has 1 N–H and O–H groups in total. The second kappa shape index (κ2) is 8.06. The van der Waals surface area contributed by atoms with Crippen molar-refractivity contribution in [2.24, 2.45) is 0 Å². The maximum Gasteiger partial charge on any atom is 0.282 e. The Kier molecular flexibility index (Phi) is 5.38. The molecule has 1 aliphatic rings. The first-order valence-electron chi connectivity index (χ1n) is 8.33. The molecule has 2 aromatic carbocycles. The van der Waals surface area contributed by atoms with Gasteiger partial charge < -0.3 is 9.47 Å². The molecule has 2 amide bonds. The molecular formula is C20H17N3O4. The van der Waals surface area contributed by atoms with Gasteiger partial charge in [0, 0.05) is 0 Å². The lowest BCUT2D eigenvalue weighted by atomic mass is 10.1. The molecule has 1 saturated heterocycles. The standard InChI is InChI=1S/C20H17N3O4/c1-2-26-18-13-14(8-9-17(18)27-11-10-21)12-16-19(24)22-23(20(16)25)15-6-4-3-5-7-15/h3-9,12-13H,2,11H2,1H3,(H,22,24)/b16-12-. The molecule has 0 aliphatic carbocycles. The molecule has 1 fully saturated rings. The van der Waals surface area contributed by atoms with Crippen LogP contribution in [0.1, 0.15) is 12.5 Å². The second-order valence-electron chi connectivity index (χ2n) is 5.56. The van der Waals surface area contributed by atoms with Gasteiger partial charge in [-0.25, -0.2) is 5.01 Å². The summed E-state index contributed by atoms with van der Waals surface area (Å²) in [6, 6.07) is 15.7. The number of rotatable bonds is 6. The van der Waals surface area contributed by atoms with Crippen molar-refractivity contribution in [3.05, 3.63) is 59.7 Å². The highest BCUT2D eigenvalue weighted by molar-refractivity contribution is 6.31. The molecule has 7 nitrogen and oxygen atoms in total. The van der Waals surface area contributed by atoms with E-state index in [2.05, 4.69) is 5.43 Å². The average molecular weight is 363 g/mol. The quantitative estimate of drug-likeness (QED) is 0.629. The topological polar surface area (TPSA) is 91.7 Å². The van der Waals surface area contributed by atoms with Crippen molar-refractivity contribution in [1.29, 1.82) is 5.26 Å². The van der Waals surface area contributed by atoms with Crippen molar-refractivity contribution in [2.75, 3.05) is 18.2 Å². The van der Waals surface area contributed by atoms with Gasteiger partial charge in [-0.05, 0) is 42.8 Å². The van der Waals surface area contributed by atoms with Crippen molar-refractivity contribution in [3.63, 3.8) is 0 Å². The molecule has 136 valence electrons. The molecule has 0 spiro atoms. The maximum atomic E-state index is 12.6. The summed E-state index contributed by atoms with van der Waals surface area (Å²) in [4.78, 5) is 24.9. The number of benzene rings is 2. The normalized spacial score (nSPS) is 14.8. The summed E-state index contributed by atoms with van der Waals surface area (Å²) in [5.41, 5.74) is 3.76. The summed E-state index contributed by atoms with van der Waals surface area (Å²) >= 11 is 0. The molecule has 2 aromatic rings. The van der Waals surface area contributed by atoms with Gasteiger partial charge in [-0.3, -0.25) is 15.0 Å². The van der Waals surface area contributed by atoms with Gasteiger partial charge in [0.25, 0.3) is 11.8 Å². The summed E-state index contributed by atoms with van der Waals surface area (Å²) in [5, 5.41) is 9.87. The van der Waals surface area contributed by atoms with Gasteiger partial charge in [0.05, 0.1) is 12.3 Å². The zero-order valence-corrected chi connectivity index (χ0v) is 14.6. The van der Waals surface area contributed by atoms with E-state index in [9.17, 15) is 9.59 Å². The van der Waals surface area contributed by atoms with Crippen LogP contribution in [0.15, 0.2) is 54.1 Å². The Bertz CT molecular complexity index is 932. The van der Waals surface area contributed by atoms with Crippen LogP contribution in [0.25, 0.3) is 6.08 Å². The Morgan fingerprint density at radius 3 is 2.59 bits per heavy atom. The summed E-state index contributed by atoms with van der Waals surface area (Å²) in [5.74, 6) is -0.0536. The van der Waals surface area contributed by atoms with E-state index in [1.54, 1.807) is 42.5 Å². The molecule has 0 aromatic heterocycles. The Morgan fingerprint density at radius 1 is 1.11 bits per heavy atom. The Hall–Kier alpha value is -3.79. The number of nitrogens with zero attached hydrogens (tertiary/aromatic N) is 2. The van der Waals surface area contributed by atoms with Crippen LogP contribution in [-0.2, 0) is 9.59 Å². The number of nitriles is 1. The smallest absolute Gasteiger partial charge is 0.282 e. The molecule has 0 atom stereocenters. The minimum absolute atomic E-state index is 0.0204. The van der Waals surface area contributed by atoms with E-state index >= 15 is 0 Å². The Morgan fingerprint density at radius 2 is 1.89 bits per heavy atom. The van der Waals surface area contributed by atoms with Gasteiger partial charge >= 0.3 is 0 Å². The third kappa shape index (κ3) is 3.90. The number of hydrogen-bond acceptors (Lipinski definition) is 5. The van der Waals surface area contributed by atoms with Gasteiger partial charge in [-0.15, -0.1) is 0 Å². The fourth-order valence-electron chi connectivity index (χ4n) is 2.59. The first kappa shape index (κ1) is 18.0. The van der Waals surface area contributed by atoms with E-state index in [0.717, 1.165) is 0 Å². The minimum atomic E-state index is -0.480. The van der Waals surface area contributed by atoms with E-state index in [0.29, 0.717) is 29.4 Å². The summed E-state index contributed by atoms with van der Waals surface area (Å²) in [6.07, 6.45) is 1.50. The third-order valence-corrected chi connectivity index (χ3v) is 3.78. The largest absolute Gasteiger partial charge is 0.490 e. The van der Waals surface area contributed by atoms with E-state index in [1.807, 2.05) is 19.1 Å². The molecule has 7 heteroatoms. The van der Waals surface area contributed by atoms with Crippen LogP contribution < -0.4 is 19.9 Å². The monoisotopic (exact) mass is 363 g/mol. The van der Waals surface area contributed by atoms with Gasteiger partial charge in [0.15, 0.2) is 18.1 Å². The summed E-state index contributed by atoms with van der Waals surface area (Å²) in [7, 11) is 0. The lowest BCUT2D eigenvalue weighted by Crippen LogP contribution is -2.35. The predicted molar refractivity (Wildman–Crippen MR) is 98.8 cm³/mol. The highest BCUT2D eigenvalue weighted by Gasteiger charge is 2.34. The lowest BCUT2D eigenvalue weighted by Gasteiger charge is -2.14. The van der Waals surface area contributed by atoms with Crippen molar-refractivity contribution in [1.82, 2.24) is 5.43 Å². The SMILES string of the molecule is CCOc1cc(/C=C2/C(=O)NN(c3ccccc3)C2=O)ccc1OCC#N. The maximum absolute atomic E-state index is 12.6. The van der Waals surface area contributed by atoms with Crippen LogP contribution in [0, 0.1) is 11.3 Å². The van der Waals surface area contributed by atoms with Gasteiger partial charge in [-0.1, -0.05) is 24.3 Å². The Balaban J connectivity index is 1.89. The number of carbonyl (C=O) groups excluding carboxylic acids is 2. The van der Waals surface area contributed by atoms with Crippen molar-refractivity contribution in [3.8, 4) is 17.6 Å². The second-order valence-corrected chi connectivity index (χ2v) is 5.56. The summed E-state index contributed by atoms with van der Waals surface area (Å²) in [6.45, 7) is 2.13. The van der Waals surface area contributed by atoms with Crippen LogP contribution in [0.4, 0.5) is 5.69 Å². The molecule has 3 rings (SSSR count). The van der Waals surface area contributed by atoms with Crippen LogP contribution >= 0.6 is 0 Å². The zero-order valence-electron chi connectivity index (χ0n) is 14.6. The summed E-state index contributed by atoms with van der Waals surface area (Å²) < 4.78 is 10.8. The van der Waals surface area contributed by atoms with Crippen molar-refractivity contribution < 1.29 is 19.1 Å². The first-order chi connectivity index (χ1) is 13.1. The van der Waals surface area contributed by atoms with E-state index in [-0.39, 0.29) is 12.2 Å². The molecule has 1 aliphatic heterocycles. The van der Waals surface area contributed by atoms with Crippen LogP contribution in [0.5, 0.6) is 11.5 Å². The Labute approximate surface area is 156 Å². The van der Waals surface area contributed by atoms with E-state index in [4.69, 9.17) is 14.7 Å². The number of amides is 2. The van der Waals surface area contributed by atoms with Crippen LogP contribution in [0.2, 0.25) is 0 Å². The first-order valence-corrected chi connectivity index (χ1v) is 8.33. The van der Waals surface area contributed by atoms with Crippen LogP contribution in [0.3, 0.4) is 0 Å². The molecular weight excluding hydrogens is 346 g/mol. The number of hydrogen-bond donors (Lipinski definition) is 1. The molecule has 0 saturated carbocycles. The molecule has 27 heavy (non-hydrogen) atoms. The van der Waals surface area contributed by atoms with E-state index < -0.39 is 11.8 Å². The highest BCUT2D eigenvalue weighted by Crippen LogP contribution is 2.30. The number of nitrogens with one attached hydrogen (secondary N) is 1. The lowest BCUT2D eigenvalue weighted by molar-refractivity contribution is -0.117. The van der Waals surface area contributed by atoms with Crippen molar-refractivity contribution in [2.45, 2.75) is 6.92 Å². The van der Waals surface area contributed by atoms with Gasteiger partial charge in [-0.2, -0.15) is 5.26 Å². The van der Waals surface area contributed by atoms with E-state index in [1.165, 1.54) is 11.1 Å². The number of carbonyl (C=O) groups is 2. The molecule has 0 radical (unpaired) electrons. The predicted octanol–water partition coefficient (Wildman–Crippen LogP) is 2.45. The van der Waals surface area contributed by atoms with Gasteiger partial charge in [0.1, 0.15) is 11.6 Å². The zero-order chi connectivity index (χ0) is 19.2. The molecule has 0 unspecified atom stereocenters. The number of para-hydroxylation sites is 1. The number of anilines is 1. The fraction of sp³-hybridized carbons (Fsp3) is 0.150.